The number of esters is 1. The molecule has 0 spiro atoms. The molecular weight excluding hydrogens is 528 g/mol. The number of benzene rings is 1. The highest BCUT2D eigenvalue weighted by atomic mass is 32.2. The van der Waals surface area contributed by atoms with Gasteiger partial charge >= 0.3 is 5.97 Å². The van der Waals surface area contributed by atoms with E-state index in [1.165, 1.54) is 13.3 Å². The Kier molecular flexibility index (Phi) is 11.3. The van der Waals surface area contributed by atoms with Crippen molar-refractivity contribution in [2.45, 2.75) is 77.3 Å². The number of sulfonamides is 1. The van der Waals surface area contributed by atoms with Gasteiger partial charge in [-0.3, -0.25) is 9.78 Å². The largest absolute Gasteiger partial charge is 0.469 e. The Hall–Kier alpha value is -3.24. The molecule has 0 radical (unpaired) electrons. The zero-order valence-electron chi connectivity index (χ0n) is 24.4. The van der Waals surface area contributed by atoms with Gasteiger partial charge in [0, 0.05) is 12.2 Å². The molecule has 1 aliphatic rings. The third kappa shape index (κ3) is 8.89. The summed E-state index contributed by atoms with van der Waals surface area (Å²) < 4.78 is 33.7. The van der Waals surface area contributed by atoms with Crippen LogP contribution in [0.5, 0.6) is 0 Å². The van der Waals surface area contributed by atoms with Gasteiger partial charge in [0.25, 0.3) is 0 Å². The van der Waals surface area contributed by atoms with Gasteiger partial charge in [0.05, 0.1) is 48.6 Å². The second-order valence-corrected chi connectivity index (χ2v) is 12.2. The minimum Gasteiger partial charge on any atom is -0.469 e. The molecule has 1 aliphatic heterocycles. The molecule has 0 fully saturated rings. The molecule has 1 N–H and O–H groups in total. The lowest BCUT2D eigenvalue weighted by Crippen LogP contribution is -2.40. The highest BCUT2D eigenvalue weighted by Gasteiger charge is 2.23. The molecule has 9 nitrogen and oxygen atoms in total. The van der Waals surface area contributed by atoms with Crippen LogP contribution in [0.15, 0.2) is 52.5 Å². The second kappa shape index (κ2) is 14.4. The molecule has 0 saturated carbocycles. The first kappa shape index (κ1) is 31.3. The van der Waals surface area contributed by atoms with Crippen molar-refractivity contribution in [3.63, 3.8) is 0 Å². The average molecular weight is 571 g/mol. The topological polar surface area (TPSA) is 110 Å². The van der Waals surface area contributed by atoms with E-state index in [9.17, 15) is 13.2 Å². The van der Waals surface area contributed by atoms with E-state index in [4.69, 9.17) is 9.82 Å². The van der Waals surface area contributed by atoms with Gasteiger partial charge in [-0.2, -0.15) is 0 Å². The van der Waals surface area contributed by atoms with Gasteiger partial charge in [-0.25, -0.2) is 13.1 Å². The Morgan fingerprint density at radius 1 is 1.18 bits per heavy atom. The number of pyridine rings is 1. The lowest BCUT2D eigenvalue weighted by atomic mass is 10.0. The molecule has 2 heterocycles. The number of ether oxygens (including phenoxy) is 1. The fourth-order valence-corrected chi connectivity index (χ4v) is 5.74. The van der Waals surface area contributed by atoms with Crippen LogP contribution in [-0.2, 0) is 30.8 Å². The first-order chi connectivity index (χ1) is 19.0. The summed E-state index contributed by atoms with van der Waals surface area (Å²) in [6.45, 7) is 11.3. The Morgan fingerprint density at radius 3 is 2.60 bits per heavy atom. The number of rotatable bonds is 12. The quantitative estimate of drug-likeness (QED) is 0.171. The Balaban J connectivity index is 1.73. The zero-order chi connectivity index (χ0) is 29.3. The molecule has 3 rings (SSSR count). The lowest BCUT2D eigenvalue weighted by Gasteiger charge is -2.27. The van der Waals surface area contributed by atoms with Crippen molar-refractivity contribution in [1.29, 1.82) is 0 Å². The van der Waals surface area contributed by atoms with Gasteiger partial charge in [-0.05, 0) is 76.6 Å². The van der Waals surface area contributed by atoms with E-state index < -0.39 is 16.1 Å². The zero-order valence-corrected chi connectivity index (χ0v) is 25.2. The summed E-state index contributed by atoms with van der Waals surface area (Å²) >= 11 is 0. The van der Waals surface area contributed by atoms with E-state index in [0.29, 0.717) is 6.54 Å². The summed E-state index contributed by atoms with van der Waals surface area (Å²) in [6, 6.07) is 8.14. The van der Waals surface area contributed by atoms with Crippen LogP contribution in [0.2, 0.25) is 0 Å². The molecule has 10 heteroatoms. The van der Waals surface area contributed by atoms with Crippen LogP contribution in [0, 0.1) is 26.7 Å². The van der Waals surface area contributed by atoms with Crippen molar-refractivity contribution < 1.29 is 22.8 Å². The molecule has 0 saturated heterocycles. The second-order valence-electron chi connectivity index (χ2n) is 10.5. The number of hydrogen-bond acceptors (Lipinski definition) is 8. The standard InChI is InChI=1S/C30H42N4O5S/c1-21-13-15-26(16-14-21)40(36,37)33-28(22(2)10-9-12-30(35)38-6)19-31-39-24(4)20-34-17-8-7-11-27-29(34)18-23(3)25(5)32-27/h9-10,13-16,18-19,22,24,28,33H,7-8,11-12,17,20H2,1-6H3/b10-9+,31-19+/t22-,24+,28-/m1/s1. The summed E-state index contributed by atoms with van der Waals surface area (Å²) in [4.78, 5) is 24.6. The molecule has 0 aliphatic carbocycles. The van der Waals surface area contributed by atoms with E-state index in [1.54, 1.807) is 36.4 Å². The van der Waals surface area contributed by atoms with Crippen molar-refractivity contribution in [3.05, 3.63) is 65.0 Å². The first-order valence-corrected chi connectivity index (χ1v) is 15.2. The molecule has 2 aromatic rings. The summed E-state index contributed by atoms with van der Waals surface area (Å²) in [6.07, 6.45) is 7.87. The van der Waals surface area contributed by atoms with Crippen LogP contribution in [-0.4, -0.2) is 57.9 Å². The number of fused-ring (bicyclic) bond motifs is 1. The third-order valence-electron chi connectivity index (χ3n) is 7.04. The van der Waals surface area contributed by atoms with Gasteiger partial charge in [-0.15, -0.1) is 0 Å². The number of hydrogen-bond donors (Lipinski definition) is 1. The number of carbonyl (C=O) groups excluding carboxylic acids is 1. The van der Waals surface area contributed by atoms with Crippen molar-refractivity contribution in [2.24, 2.45) is 11.1 Å². The predicted molar refractivity (Wildman–Crippen MR) is 158 cm³/mol. The number of oxime groups is 1. The van der Waals surface area contributed by atoms with Gasteiger partial charge < -0.3 is 14.5 Å². The van der Waals surface area contributed by atoms with Gasteiger partial charge in [0.15, 0.2) is 0 Å². The van der Waals surface area contributed by atoms with Crippen LogP contribution in [0.3, 0.4) is 0 Å². The van der Waals surface area contributed by atoms with E-state index in [-0.39, 0.29) is 29.3 Å². The molecule has 0 amide bonds. The maximum Gasteiger partial charge on any atom is 0.309 e. The van der Waals surface area contributed by atoms with E-state index in [2.05, 4.69) is 32.5 Å². The Bertz CT molecular complexity index is 1310. The number of nitrogens with one attached hydrogen (secondary N) is 1. The number of aromatic nitrogens is 1. The van der Waals surface area contributed by atoms with Gasteiger partial charge in [0.1, 0.15) is 6.10 Å². The number of anilines is 1. The van der Waals surface area contributed by atoms with E-state index >= 15 is 0 Å². The molecule has 1 aromatic carbocycles. The number of nitrogens with zero attached hydrogens (tertiary/aromatic N) is 3. The molecule has 0 bridgehead atoms. The van der Waals surface area contributed by atoms with E-state index in [0.717, 1.165) is 54.0 Å². The number of methoxy groups -OCH3 is 1. The maximum absolute atomic E-state index is 13.1. The fraction of sp³-hybridized carbons (Fsp3) is 0.500. The molecular formula is C30H42N4O5S. The Morgan fingerprint density at radius 2 is 1.90 bits per heavy atom. The van der Waals surface area contributed by atoms with E-state index in [1.807, 2.05) is 27.7 Å². The van der Waals surface area contributed by atoms with Crippen molar-refractivity contribution in [3.8, 4) is 0 Å². The highest BCUT2D eigenvalue weighted by molar-refractivity contribution is 7.89. The monoisotopic (exact) mass is 570 g/mol. The van der Waals surface area contributed by atoms with Crippen LogP contribution in [0.1, 0.15) is 55.6 Å². The highest BCUT2D eigenvalue weighted by Crippen LogP contribution is 2.27. The summed E-state index contributed by atoms with van der Waals surface area (Å²) in [7, 11) is -2.50. The molecule has 3 atom stereocenters. The number of carbonyl (C=O) groups is 1. The van der Waals surface area contributed by atoms with Gasteiger partial charge in [-0.1, -0.05) is 41.9 Å². The normalized spacial score (nSPS) is 16.4. The summed E-state index contributed by atoms with van der Waals surface area (Å²) in [5.74, 6) is -0.691. The summed E-state index contributed by atoms with van der Waals surface area (Å²) in [5.41, 5.74) is 5.45. The molecule has 40 heavy (non-hydrogen) atoms. The minimum atomic E-state index is -3.82. The van der Waals surface area contributed by atoms with Gasteiger partial charge in [0.2, 0.25) is 10.0 Å². The van der Waals surface area contributed by atoms with Crippen molar-refractivity contribution in [1.82, 2.24) is 9.71 Å². The SMILES string of the molecule is COC(=O)C/C=C/[C@@H](C)[C@@H](/C=N/O[C@@H](C)CN1CCCCc2nc(C)c(C)cc21)NS(=O)(=O)c1ccc(C)cc1. The smallest absolute Gasteiger partial charge is 0.309 e. The minimum absolute atomic E-state index is 0.0914. The Labute approximate surface area is 238 Å². The van der Waals surface area contributed by atoms with Crippen molar-refractivity contribution >= 4 is 27.9 Å². The average Bonchev–Trinajstić information content (AvgIpc) is 3.09. The van der Waals surface area contributed by atoms with Crippen LogP contribution in [0.4, 0.5) is 5.69 Å². The van der Waals surface area contributed by atoms with Crippen molar-refractivity contribution in [2.75, 3.05) is 25.1 Å². The van der Waals surface area contributed by atoms with Crippen LogP contribution in [0.25, 0.3) is 0 Å². The summed E-state index contributed by atoms with van der Waals surface area (Å²) in [5, 5.41) is 4.20. The molecule has 0 unspecified atom stereocenters. The lowest BCUT2D eigenvalue weighted by molar-refractivity contribution is -0.139. The third-order valence-corrected chi connectivity index (χ3v) is 8.51. The fourth-order valence-electron chi connectivity index (χ4n) is 4.47. The van der Waals surface area contributed by atoms with Crippen LogP contribution < -0.4 is 9.62 Å². The first-order valence-electron chi connectivity index (χ1n) is 13.7. The predicted octanol–water partition coefficient (Wildman–Crippen LogP) is 4.64. The number of aryl methyl sites for hydroxylation is 4. The molecule has 1 aromatic heterocycles. The maximum atomic E-state index is 13.1. The molecule has 218 valence electrons. The van der Waals surface area contributed by atoms with Crippen LogP contribution >= 0.6 is 0 Å².